The third-order valence-corrected chi connectivity index (χ3v) is 3.74. The Morgan fingerprint density at radius 3 is 2.50 bits per heavy atom. The van der Waals surface area contributed by atoms with Crippen molar-refractivity contribution in [3.05, 3.63) is 46.3 Å². The summed E-state index contributed by atoms with van der Waals surface area (Å²) in [5, 5.41) is 0. The van der Waals surface area contributed by atoms with E-state index >= 15 is 0 Å². The quantitative estimate of drug-likeness (QED) is 0.785. The minimum Gasteiger partial charge on any atom is -0.493 e. The molecule has 0 saturated heterocycles. The Balaban J connectivity index is 1.99. The summed E-state index contributed by atoms with van der Waals surface area (Å²) >= 11 is 3.19. The summed E-state index contributed by atoms with van der Waals surface area (Å²) in [5.74, 6) is 1.55. The molecule has 5 nitrogen and oxygen atoms in total. The van der Waals surface area contributed by atoms with Gasteiger partial charge in [-0.3, -0.25) is 4.79 Å². The minimum atomic E-state index is -0.147. The van der Waals surface area contributed by atoms with E-state index < -0.39 is 0 Å². The lowest BCUT2D eigenvalue weighted by Gasteiger charge is -2.16. The first-order valence-corrected chi connectivity index (χ1v) is 7.56. The minimum absolute atomic E-state index is 0.147. The number of hydrogen-bond donors (Lipinski definition) is 0. The van der Waals surface area contributed by atoms with Crippen LogP contribution in [0.2, 0.25) is 0 Å². The van der Waals surface area contributed by atoms with Crippen LogP contribution in [0.15, 0.2) is 39.4 Å². The number of ether oxygens (including phenoxy) is 2. The van der Waals surface area contributed by atoms with E-state index in [1.54, 1.807) is 38.3 Å². The Hall–Kier alpha value is -1.95. The molecule has 0 aliphatic rings. The van der Waals surface area contributed by atoms with Crippen LogP contribution in [0.5, 0.6) is 11.5 Å². The molecular weight excluding hydrogens is 350 g/mol. The van der Waals surface area contributed by atoms with Gasteiger partial charge in [-0.05, 0) is 52.2 Å². The number of benzene rings is 1. The molecule has 0 saturated carbocycles. The van der Waals surface area contributed by atoms with Crippen molar-refractivity contribution in [2.75, 3.05) is 27.8 Å². The molecule has 1 aromatic heterocycles. The summed E-state index contributed by atoms with van der Waals surface area (Å²) in [6, 6.07) is 9.10. The summed E-state index contributed by atoms with van der Waals surface area (Å²) in [7, 11) is 4.96. The van der Waals surface area contributed by atoms with Crippen LogP contribution in [0.3, 0.4) is 0 Å². The number of methoxy groups -OCH3 is 2. The van der Waals surface area contributed by atoms with Crippen LogP contribution in [0.1, 0.15) is 16.1 Å². The Kier molecular flexibility index (Phi) is 5.49. The van der Waals surface area contributed by atoms with Gasteiger partial charge in [-0.2, -0.15) is 0 Å². The lowest BCUT2D eigenvalue weighted by atomic mass is 10.1. The van der Waals surface area contributed by atoms with E-state index in [-0.39, 0.29) is 5.91 Å². The van der Waals surface area contributed by atoms with Crippen molar-refractivity contribution in [2.24, 2.45) is 0 Å². The molecule has 22 heavy (non-hydrogen) atoms. The highest BCUT2D eigenvalue weighted by atomic mass is 79.9. The predicted octanol–water partition coefficient (Wildman–Crippen LogP) is 3.37. The highest BCUT2D eigenvalue weighted by Crippen LogP contribution is 2.27. The summed E-state index contributed by atoms with van der Waals surface area (Å²) in [6.45, 7) is 0.576. The molecule has 1 amide bonds. The van der Waals surface area contributed by atoms with Gasteiger partial charge in [-0.15, -0.1) is 0 Å². The SMILES string of the molecule is COc1ccc(CCN(C)C(=O)c2ccc(Br)o2)cc1OC. The number of amides is 1. The maximum atomic E-state index is 12.2. The third kappa shape index (κ3) is 3.82. The van der Waals surface area contributed by atoms with E-state index in [0.717, 1.165) is 5.56 Å². The second kappa shape index (κ2) is 7.35. The Morgan fingerprint density at radius 1 is 1.18 bits per heavy atom. The molecule has 0 aliphatic heterocycles. The van der Waals surface area contributed by atoms with Crippen molar-refractivity contribution in [1.29, 1.82) is 0 Å². The van der Waals surface area contributed by atoms with Crippen LogP contribution >= 0.6 is 15.9 Å². The number of furan rings is 1. The van der Waals surface area contributed by atoms with Gasteiger partial charge < -0.3 is 18.8 Å². The number of halogens is 1. The van der Waals surface area contributed by atoms with Crippen molar-refractivity contribution in [1.82, 2.24) is 4.90 Å². The van der Waals surface area contributed by atoms with E-state index in [1.165, 1.54) is 0 Å². The van der Waals surface area contributed by atoms with E-state index in [0.29, 0.717) is 34.9 Å². The number of carbonyl (C=O) groups is 1. The van der Waals surface area contributed by atoms with Crippen molar-refractivity contribution < 1.29 is 18.7 Å². The van der Waals surface area contributed by atoms with Gasteiger partial charge in [0.05, 0.1) is 14.2 Å². The standard InChI is InChI=1S/C16H18BrNO4/c1-18(16(19)13-6-7-15(17)22-13)9-8-11-4-5-12(20-2)14(10-11)21-3/h4-7,10H,8-9H2,1-3H3. The van der Waals surface area contributed by atoms with Crippen LogP contribution in [0.4, 0.5) is 0 Å². The monoisotopic (exact) mass is 367 g/mol. The Morgan fingerprint density at radius 2 is 1.91 bits per heavy atom. The van der Waals surface area contributed by atoms with E-state index in [4.69, 9.17) is 13.9 Å². The van der Waals surface area contributed by atoms with E-state index in [1.807, 2.05) is 18.2 Å². The molecule has 0 spiro atoms. The molecule has 2 rings (SSSR count). The summed E-state index contributed by atoms with van der Waals surface area (Å²) < 4.78 is 16.3. The fourth-order valence-electron chi connectivity index (χ4n) is 2.05. The zero-order valence-corrected chi connectivity index (χ0v) is 14.3. The molecule has 0 fully saturated rings. The van der Waals surface area contributed by atoms with Crippen molar-refractivity contribution in [3.63, 3.8) is 0 Å². The second-order valence-corrected chi connectivity index (χ2v) is 5.55. The molecular formula is C16H18BrNO4. The predicted molar refractivity (Wildman–Crippen MR) is 86.6 cm³/mol. The molecule has 6 heteroatoms. The fraction of sp³-hybridized carbons (Fsp3) is 0.312. The number of likely N-dealkylation sites (N-methyl/N-ethyl adjacent to an activating group) is 1. The van der Waals surface area contributed by atoms with Crippen LogP contribution in [0, 0.1) is 0 Å². The van der Waals surface area contributed by atoms with Crippen molar-refractivity contribution >= 4 is 21.8 Å². The molecule has 0 bridgehead atoms. The molecule has 0 atom stereocenters. The average molecular weight is 368 g/mol. The van der Waals surface area contributed by atoms with Gasteiger partial charge in [0.2, 0.25) is 0 Å². The van der Waals surface area contributed by atoms with Crippen LogP contribution in [-0.2, 0) is 6.42 Å². The number of nitrogens with zero attached hydrogens (tertiary/aromatic N) is 1. The summed E-state index contributed by atoms with van der Waals surface area (Å²) in [4.78, 5) is 13.8. The number of hydrogen-bond acceptors (Lipinski definition) is 4. The van der Waals surface area contributed by atoms with Crippen molar-refractivity contribution in [2.45, 2.75) is 6.42 Å². The van der Waals surface area contributed by atoms with Gasteiger partial charge >= 0.3 is 0 Å². The van der Waals surface area contributed by atoms with Crippen molar-refractivity contribution in [3.8, 4) is 11.5 Å². The molecule has 118 valence electrons. The molecule has 0 radical (unpaired) electrons. The van der Waals surface area contributed by atoms with E-state index in [9.17, 15) is 4.79 Å². The smallest absolute Gasteiger partial charge is 0.289 e. The van der Waals surface area contributed by atoms with Gasteiger partial charge in [-0.1, -0.05) is 6.07 Å². The van der Waals surface area contributed by atoms with Gasteiger partial charge in [0.25, 0.3) is 5.91 Å². The first-order valence-electron chi connectivity index (χ1n) is 6.77. The molecule has 2 aromatic rings. The van der Waals surface area contributed by atoms with Gasteiger partial charge in [0, 0.05) is 13.6 Å². The van der Waals surface area contributed by atoms with Crippen LogP contribution in [0.25, 0.3) is 0 Å². The van der Waals surface area contributed by atoms with Crippen LogP contribution < -0.4 is 9.47 Å². The highest BCUT2D eigenvalue weighted by Gasteiger charge is 2.15. The highest BCUT2D eigenvalue weighted by molar-refractivity contribution is 9.10. The van der Waals surface area contributed by atoms with Gasteiger partial charge in [0.15, 0.2) is 21.9 Å². The summed E-state index contributed by atoms with van der Waals surface area (Å²) in [5.41, 5.74) is 1.07. The number of carbonyl (C=O) groups excluding carboxylic acids is 1. The Labute approximate surface area is 137 Å². The zero-order valence-electron chi connectivity index (χ0n) is 12.8. The first kappa shape index (κ1) is 16.4. The van der Waals surface area contributed by atoms with E-state index in [2.05, 4.69) is 15.9 Å². The largest absolute Gasteiger partial charge is 0.493 e. The molecule has 0 aliphatic carbocycles. The van der Waals surface area contributed by atoms with Crippen LogP contribution in [-0.4, -0.2) is 38.6 Å². The molecule has 1 heterocycles. The van der Waals surface area contributed by atoms with Gasteiger partial charge in [-0.25, -0.2) is 0 Å². The lowest BCUT2D eigenvalue weighted by Crippen LogP contribution is -2.28. The number of rotatable bonds is 6. The topological polar surface area (TPSA) is 51.9 Å². The lowest BCUT2D eigenvalue weighted by molar-refractivity contribution is 0.0764. The first-order chi connectivity index (χ1) is 10.5. The second-order valence-electron chi connectivity index (χ2n) is 4.77. The maximum absolute atomic E-state index is 12.2. The average Bonchev–Trinajstić information content (AvgIpc) is 2.97. The normalized spacial score (nSPS) is 10.4. The summed E-state index contributed by atoms with van der Waals surface area (Å²) in [6.07, 6.45) is 0.713. The molecule has 1 aromatic carbocycles. The molecule has 0 N–H and O–H groups in total. The molecule has 0 unspecified atom stereocenters. The Bertz CT molecular complexity index is 653. The fourth-order valence-corrected chi connectivity index (χ4v) is 2.36. The van der Waals surface area contributed by atoms with Gasteiger partial charge in [0.1, 0.15) is 0 Å². The maximum Gasteiger partial charge on any atom is 0.289 e. The zero-order chi connectivity index (χ0) is 16.1. The third-order valence-electron chi connectivity index (χ3n) is 3.31.